The van der Waals surface area contributed by atoms with Gasteiger partial charge in [-0.25, -0.2) is 8.42 Å². The second-order valence-electron chi connectivity index (χ2n) is 7.31. The predicted octanol–water partition coefficient (Wildman–Crippen LogP) is 3.10. The Morgan fingerprint density at radius 2 is 1.93 bits per heavy atom. The molecule has 0 N–H and O–H groups in total. The molecule has 2 aromatic carbocycles. The van der Waals surface area contributed by atoms with Crippen LogP contribution < -0.4 is 4.90 Å². The first kappa shape index (κ1) is 20.3. The maximum Gasteiger partial charge on any atom is 0.288 e. The van der Waals surface area contributed by atoms with Crippen molar-refractivity contribution >= 4 is 21.2 Å². The summed E-state index contributed by atoms with van der Waals surface area (Å²) in [6.07, 6.45) is 3.04. The fourth-order valence-corrected chi connectivity index (χ4v) is 4.57. The van der Waals surface area contributed by atoms with Gasteiger partial charge >= 0.3 is 0 Å². The third kappa shape index (κ3) is 4.69. The van der Waals surface area contributed by atoms with E-state index in [1.807, 2.05) is 30.1 Å². The molecule has 0 aromatic heterocycles. The quantitative estimate of drug-likeness (QED) is 0.544. The Balaban J connectivity index is 1.79. The topological polar surface area (TPSA) is 83.8 Å². The van der Waals surface area contributed by atoms with Crippen LogP contribution in [0.2, 0.25) is 0 Å². The third-order valence-corrected chi connectivity index (χ3v) is 6.35. The van der Waals surface area contributed by atoms with Crippen molar-refractivity contribution in [3.8, 4) is 0 Å². The molecule has 1 aliphatic rings. The molecule has 2 aromatic rings. The molecule has 0 amide bonds. The van der Waals surface area contributed by atoms with Crippen molar-refractivity contribution in [2.24, 2.45) is 0 Å². The van der Waals surface area contributed by atoms with Crippen LogP contribution in [0.5, 0.6) is 0 Å². The van der Waals surface area contributed by atoms with Gasteiger partial charge in [0.2, 0.25) is 0 Å². The molecule has 1 heterocycles. The van der Waals surface area contributed by atoms with Crippen LogP contribution in [0.1, 0.15) is 18.4 Å². The van der Waals surface area contributed by atoms with Gasteiger partial charge in [-0.05, 0) is 37.1 Å². The van der Waals surface area contributed by atoms with E-state index in [0.29, 0.717) is 5.69 Å². The van der Waals surface area contributed by atoms with Crippen LogP contribution in [0.15, 0.2) is 53.4 Å². The molecule has 7 nitrogen and oxygen atoms in total. The number of hydrogen-bond acceptors (Lipinski definition) is 6. The number of anilines is 1. The number of likely N-dealkylation sites (N-methyl/N-ethyl adjacent to an activating group) is 1. The highest BCUT2D eigenvalue weighted by Gasteiger charge is 2.27. The Hall–Kier alpha value is -2.45. The fourth-order valence-electron chi connectivity index (χ4n) is 3.71. The summed E-state index contributed by atoms with van der Waals surface area (Å²) in [4.78, 5) is 14.7. The second-order valence-corrected chi connectivity index (χ2v) is 9.29. The first-order valence-electron chi connectivity index (χ1n) is 9.23. The van der Waals surface area contributed by atoms with E-state index in [1.165, 1.54) is 17.7 Å². The Morgan fingerprint density at radius 3 is 2.57 bits per heavy atom. The monoisotopic (exact) mass is 403 g/mol. The molecule has 0 saturated carbocycles. The molecular weight excluding hydrogens is 378 g/mol. The smallest absolute Gasteiger partial charge is 0.288 e. The number of nitro benzene ring substituents is 1. The highest BCUT2D eigenvalue weighted by molar-refractivity contribution is 7.90. The molecule has 3 rings (SSSR count). The number of rotatable bonds is 6. The highest BCUT2D eigenvalue weighted by Crippen LogP contribution is 2.30. The van der Waals surface area contributed by atoms with E-state index in [1.54, 1.807) is 6.07 Å². The summed E-state index contributed by atoms with van der Waals surface area (Å²) in [6.45, 7) is 2.75. The maximum absolute atomic E-state index is 12.0. The molecule has 28 heavy (non-hydrogen) atoms. The summed E-state index contributed by atoms with van der Waals surface area (Å²) in [7, 11) is -1.77. The Kier molecular flexibility index (Phi) is 6.00. The molecule has 0 aliphatic carbocycles. The van der Waals surface area contributed by atoms with Crippen molar-refractivity contribution in [2.45, 2.75) is 30.3 Å². The van der Waals surface area contributed by atoms with Crippen molar-refractivity contribution in [1.82, 2.24) is 4.90 Å². The molecule has 8 heteroatoms. The van der Waals surface area contributed by atoms with Gasteiger partial charge in [0.05, 0.1) is 4.92 Å². The Bertz CT molecular complexity index is 947. The molecule has 0 bridgehead atoms. The van der Waals surface area contributed by atoms with Gasteiger partial charge < -0.3 is 4.90 Å². The van der Waals surface area contributed by atoms with Gasteiger partial charge in [0, 0.05) is 44.2 Å². The molecule has 1 unspecified atom stereocenters. The normalized spacial score (nSPS) is 18.0. The number of nitro groups is 1. The summed E-state index contributed by atoms with van der Waals surface area (Å²) in [5.74, 6) is 0. The van der Waals surface area contributed by atoms with E-state index in [9.17, 15) is 18.5 Å². The Morgan fingerprint density at radius 1 is 1.21 bits per heavy atom. The van der Waals surface area contributed by atoms with Gasteiger partial charge in [-0.3, -0.25) is 15.0 Å². The first-order chi connectivity index (χ1) is 13.3. The Labute approximate surface area is 165 Å². The SMILES string of the molecule is CN(c1ccc([N+](=O)[O-])c(S(C)(=O)=O)c1)C1CCCN(Cc2ccccc2)C1. The van der Waals surface area contributed by atoms with E-state index in [0.717, 1.165) is 38.7 Å². The lowest BCUT2D eigenvalue weighted by Gasteiger charge is -2.38. The van der Waals surface area contributed by atoms with E-state index in [4.69, 9.17) is 0 Å². The molecule has 0 radical (unpaired) electrons. The number of piperidine rings is 1. The number of likely N-dealkylation sites (tertiary alicyclic amines) is 1. The van der Waals surface area contributed by atoms with Gasteiger partial charge in [0.1, 0.15) is 4.90 Å². The minimum Gasteiger partial charge on any atom is -0.370 e. The molecule has 0 spiro atoms. The van der Waals surface area contributed by atoms with Gasteiger partial charge in [0.15, 0.2) is 9.84 Å². The molecular formula is C20H25N3O4S. The van der Waals surface area contributed by atoms with Crippen molar-refractivity contribution in [3.63, 3.8) is 0 Å². The minimum atomic E-state index is -3.70. The van der Waals surface area contributed by atoms with Crippen LogP contribution in [-0.2, 0) is 16.4 Å². The van der Waals surface area contributed by atoms with Crippen molar-refractivity contribution in [3.05, 3.63) is 64.2 Å². The number of nitrogens with zero attached hydrogens (tertiary/aromatic N) is 3. The van der Waals surface area contributed by atoms with Crippen LogP contribution in [0.3, 0.4) is 0 Å². The number of benzene rings is 2. The van der Waals surface area contributed by atoms with Crippen LogP contribution in [0, 0.1) is 10.1 Å². The lowest BCUT2D eigenvalue weighted by molar-refractivity contribution is -0.387. The van der Waals surface area contributed by atoms with E-state index in [-0.39, 0.29) is 16.6 Å². The van der Waals surface area contributed by atoms with E-state index < -0.39 is 14.8 Å². The van der Waals surface area contributed by atoms with E-state index >= 15 is 0 Å². The lowest BCUT2D eigenvalue weighted by atomic mass is 10.0. The van der Waals surface area contributed by atoms with Crippen molar-refractivity contribution < 1.29 is 13.3 Å². The summed E-state index contributed by atoms with van der Waals surface area (Å²) in [5.41, 5.74) is 1.56. The second kappa shape index (κ2) is 8.28. The average molecular weight is 404 g/mol. The maximum atomic E-state index is 12.0. The summed E-state index contributed by atoms with van der Waals surface area (Å²) in [6, 6.07) is 14.8. The zero-order valence-electron chi connectivity index (χ0n) is 16.1. The predicted molar refractivity (Wildman–Crippen MR) is 109 cm³/mol. The van der Waals surface area contributed by atoms with Crippen LogP contribution in [0.4, 0.5) is 11.4 Å². The molecule has 150 valence electrons. The fraction of sp³-hybridized carbons (Fsp3) is 0.400. The lowest BCUT2D eigenvalue weighted by Crippen LogP contribution is -2.46. The van der Waals surface area contributed by atoms with Gasteiger partial charge in [-0.1, -0.05) is 30.3 Å². The minimum absolute atomic E-state index is 0.214. The third-order valence-electron chi connectivity index (χ3n) is 5.22. The van der Waals surface area contributed by atoms with E-state index in [2.05, 4.69) is 17.0 Å². The van der Waals surface area contributed by atoms with Gasteiger partial charge in [0.25, 0.3) is 5.69 Å². The summed E-state index contributed by atoms with van der Waals surface area (Å²) >= 11 is 0. The highest BCUT2D eigenvalue weighted by atomic mass is 32.2. The summed E-state index contributed by atoms with van der Waals surface area (Å²) < 4.78 is 24.1. The molecule has 1 saturated heterocycles. The van der Waals surface area contributed by atoms with Crippen LogP contribution >= 0.6 is 0 Å². The average Bonchev–Trinajstić information content (AvgIpc) is 2.67. The zero-order valence-corrected chi connectivity index (χ0v) is 16.9. The summed E-state index contributed by atoms with van der Waals surface area (Å²) in [5, 5.41) is 11.2. The standard InChI is InChI=1S/C20H25N3O4S/c1-21(17-10-11-19(23(24)25)20(13-17)28(2,26)27)18-9-6-12-22(15-18)14-16-7-4-3-5-8-16/h3-5,7-8,10-11,13,18H,6,9,12,14-15H2,1-2H3. The van der Waals surface area contributed by atoms with Gasteiger partial charge in [-0.15, -0.1) is 0 Å². The largest absolute Gasteiger partial charge is 0.370 e. The van der Waals surface area contributed by atoms with Crippen LogP contribution in [0.25, 0.3) is 0 Å². The number of hydrogen-bond donors (Lipinski definition) is 0. The first-order valence-corrected chi connectivity index (χ1v) is 11.1. The van der Waals surface area contributed by atoms with Gasteiger partial charge in [-0.2, -0.15) is 0 Å². The number of sulfone groups is 1. The molecule has 1 atom stereocenters. The molecule has 1 fully saturated rings. The van der Waals surface area contributed by atoms with Crippen LogP contribution in [-0.4, -0.2) is 50.7 Å². The van der Waals surface area contributed by atoms with Crippen molar-refractivity contribution in [2.75, 3.05) is 31.3 Å². The zero-order chi connectivity index (χ0) is 20.3. The molecule has 1 aliphatic heterocycles. The van der Waals surface area contributed by atoms with Crippen molar-refractivity contribution in [1.29, 1.82) is 0 Å².